The Bertz CT molecular complexity index is 674. The molecule has 0 aliphatic heterocycles. The molecule has 5 heteroatoms. The summed E-state index contributed by atoms with van der Waals surface area (Å²) in [6, 6.07) is 14.3. The van der Waals surface area contributed by atoms with Gasteiger partial charge in [-0.2, -0.15) is 0 Å². The van der Waals surface area contributed by atoms with Gasteiger partial charge in [0.1, 0.15) is 5.75 Å². The molecule has 0 aromatic heterocycles. The first kappa shape index (κ1) is 18.9. The van der Waals surface area contributed by atoms with Gasteiger partial charge in [-0.3, -0.25) is 4.79 Å². The van der Waals surface area contributed by atoms with Crippen LogP contribution in [0.3, 0.4) is 0 Å². The summed E-state index contributed by atoms with van der Waals surface area (Å²) in [6.45, 7) is 4.82. The summed E-state index contributed by atoms with van der Waals surface area (Å²) in [5.41, 5.74) is 2.48. The molecule has 0 aliphatic rings. The standard InChI is InChI=1S/C19H22BrNO2S/c1-3-15-6-9-18(17(20)12-15)23-13-19(22)21-10-11-24-16-7-4-14(2)5-8-16/h4-9,12H,3,10-11,13H2,1-2H3,(H,21,22). The van der Waals surface area contributed by atoms with Crippen molar-refractivity contribution >= 4 is 33.6 Å². The van der Waals surface area contributed by atoms with E-state index in [1.807, 2.05) is 18.2 Å². The topological polar surface area (TPSA) is 38.3 Å². The quantitative estimate of drug-likeness (QED) is 0.512. The molecule has 24 heavy (non-hydrogen) atoms. The highest BCUT2D eigenvalue weighted by Gasteiger charge is 2.06. The Morgan fingerprint density at radius 1 is 1.21 bits per heavy atom. The molecule has 0 radical (unpaired) electrons. The van der Waals surface area contributed by atoms with Gasteiger partial charge in [0, 0.05) is 17.2 Å². The second-order valence-corrected chi connectivity index (χ2v) is 7.44. The van der Waals surface area contributed by atoms with E-state index in [-0.39, 0.29) is 12.5 Å². The number of hydrogen-bond acceptors (Lipinski definition) is 3. The van der Waals surface area contributed by atoms with Crippen LogP contribution in [-0.2, 0) is 11.2 Å². The van der Waals surface area contributed by atoms with Gasteiger partial charge in [0.2, 0.25) is 0 Å². The lowest BCUT2D eigenvalue weighted by Gasteiger charge is -2.10. The molecule has 0 spiro atoms. The normalized spacial score (nSPS) is 10.5. The van der Waals surface area contributed by atoms with Gasteiger partial charge >= 0.3 is 0 Å². The van der Waals surface area contributed by atoms with Crippen LogP contribution in [0.15, 0.2) is 51.8 Å². The molecule has 0 saturated carbocycles. The van der Waals surface area contributed by atoms with Crippen LogP contribution >= 0.6 is 27.7 Å². The average molecular weight is 408 g/mol. The molecule has 2 rings (SSSR count). The van der Waals surface area contributed by atoms with Crippen LogP contribution in [0.25, 0.3) is 0 Å². The number of halogens is 1. The number of ether oxygens (including phenoxy) is 1. The van der Waals surface area contributed by atoms with E-state index in [9.17, 15) is 4.79 Å². The maximum atomic E-state index is 11.8. The Kier molecular flexibility index (Phi) is 7.66. The minimum atomic E-state index is -0.106. The molecule has 0 bridgehead atoms. The van der Waals surface area contributed by atoms with Crippen molar-refractivity contribution in [2.24, 2.45) is 0 Å². The van der Waals surface area contributed by atoms with Crippen molar-refractivity contribution < 1.29 is 9.53 Å². The highest BCUT2D eigenvalue weighted by molar-refractivity contribution is 9.10. The number of carbonyl (C=O) groups is 1. The van der Waals surface area contributed by atoms with Crippen molar-refractivity contribution in [3.8, 4) is 5.75 Å². The van der Waals surface area contributed by atoms with Gasteiger partial charge in [-0.05, 0) is 59.1 Å². The Hall–Kier alpha value is -1.46. The third kappa shape index (κ3) is 6.21. The Labute approximate surface area is 156 Å². The van der Waals surface area contributed by atoms with E-state index in [1.165, 1.54) is 16.0 Å². The van der Waals surface area contributed by atoms with Crippen molar-refractivity contribution in [2.75, 3.05) is 18.9 Å². The molecule has 1 amide bonds. The summed E-state index contributed by atoms with van der Waals surface area (Å²) in [5.74, 6) is 1.42. The van der Waals surface area contributed by atoms with E-state index in [1.54, 1.807) is 11.8 Å². The highest BCUT2D eigenvalue weighted by atomic mass is 79.9. The van der Waals surface area contributed by atoms with Crippen LogP contribution < -0.4 is 10.1 Å². The molecule has 128 valence electrons. The minimum Gasteiger partial charge on any atom is -0.483 e. The first-order valence-corrected chi connectivity index (χ1v) is 9.73. The second kappa shape index (κ2) is 9.74. The van der Waals surface area contributed by atoms with E-state index >= 15 is 0 Å². The third-order valence-corrected chi connectivity index (χ3v) is 5.11. The number of nitrogens with one attached hydrogen (secondary N) is 1. The monoisotopic (exact) mass is 407 g/mol. The Morgan fingerprint density at radius 2 is 1.96 bits per heavy atom. The maximum absolute atomic E-state index is 11.8. The zero-order chi connectivity index (χ0) is 17.4. The second-order valence-electron chi connectivity index (χ2n) is 5.42. The fourth-order valence-electron chi connectivity index (χ4n) is 2.07. The molecule has 0 atom stereocenters. The first-order valence-electron chi connectivity index (χ1n) is 7.96. The summed E-state index contributed by atoms with van der Waals surface area (Å²) in [4.78, 5) is 13.1. The third-order valence-electron chi connectivity index (χ3n) is 3.48. The van der Waals surface area contributed by atoms with E-state index in [0.29, 0.717) is 12.3 Å². The van der Waals surface area contributed by atoms with Crippen molar-refractivity contribution in [3.05, 3.63) is 58.1 Å². The molecule has 0 fully saturated rings. The molecule has 0 saturated heterocycles. The van der Waals surface area contributed by atoms with Crippen LogP contribution in [0.5, 0.6) is 5.75 Å². The van der Waals surface area contributed by atoms with Gasteiger partial charge in [0.05, 0.1) is 4.47 Å². The summed E-state index contributed by atoms with van der Waals surface area (Å²) < 4.78 is 6.44. The average Bonchev–Trinajstić information content (AvgIpc) is 2.59. The van der Waals surface area contributed by atoms with E-state index < -0.39 is 0 Å². The van der Waals surface area contributed by atoms with E-state index in [2.05, 4.69) is 59.4 Å². The number of rotatable bonds is 8. The Morgan fingerprint density at radius 3 is 2.62 bits per heavy atom. The molecule has 2 aromatic carbocycles. The van der Waals surface area contributed by atoms with E-state index in [0.717, 1.165) is 16.6 Å². The molecule has 3 nitrogen and oxygen atoms in total. The number of aryl methyl sites for hydroxylation is 2. The van der Waals surface area contributed by atoms with Crippen molar-refractivity contribution in [3.63, 3.8) is 0 Å². The number of benzene rings is 2. The molecular weight excluding hydrogens is 386 g/mol. The largest absolute Gasteiger partial charge is 0.483 e. The minimum absolute atomic E-state index is 0.0271. The molecule has 2 aromatic rings. The van der Waals surface area contributed by atoms with Crippen LogP contribution in [0, 0.1) is 6.92 Å². The fraction of sp³-hybridized carbons (Fsp3) is 0.316. The van der Waals surface area contributed by atoms with Gasteiger partial charge in [0.15, 0.2) is 6.61 Å². The van der Waals surface area contributed by atoms with Crippen LogP contribution in [0.1, 0.15) is 18.1 Å². The molecule has 0 unspecified atom stereocenters. The summed E-state index contributed by atoms with van der Waals surface area (Å²) in [5, 5.41) is 2.88. The van der Waals surface area contributed by atoms with Gasteiger partial charge in [0.25, 0.3) is 5.91 Å². The van der Waals surface area contributed by atoms with Gasteiger partial charge < -0.3 is 10.1 Å². The smallest absolute Gasteiger partial charge is 0.257 e. The van der Waals surface area contributed by atoms with Crippen molar-refractivity contribution in [1.29, 1.82) is 0 Å². The Balaban J connectivity index is 1.67. The predicted octanol–water partition coefficient (Wildman–Crippen LogP) is 4.61. The number of carbonyl (C=O) groups excluding carboxylic acids is 1. The molecule has 0 aliphatic carbocycles. The number of hydrogen-bond donors (Lipinski definition) is 1. The zero-order valence-corrected chi connectivity index (χ0v) is 16.4. The van der Waals surface area contributed by atoms with Crippen molar-refractivity contribution in [2.45, 2.75) is 25.2 Å². The van der Waals surface area contributed by atoms with E-state index in [4.69, 9.17) is 4.74 Å². The van der Waals surface area contributed by atoms with Crippen molar-refractivity contribution in [1.82, 2.24) is 5.32 Å². The molecule has 0 heterocycles. The fourth-order valence-corrected chi connectivity index (χ4v) is 3.38. The summed E-state index contributed by atoms with van der Waals surface area (Å²) in [6.07, 6.45) is 0.970. The summed E-state index contributed by atoms with van der Waals surface area (Å²) in [7, 11) is 0. The van der Waals surface area contributed by atoms with Crippen LogP contribution in [-0.4, -0.2) is 24.8 Å². The molecular formula is C19H22BrNO2S. The van der Waals surface area contributed by atoms with Gasteiger partial charge in [-0.15, -0.1) is 11.8 Å². The lowest BCUT2D eigenvalue weighted by Crippen LogP contribution is -2.30. The highest BCUT2D eigenvalue weighted by Crippen LogP contribution is 2.26. The molecule has 1 N–H and O–H groups in total. The number of amides is 1. The SMILES string of the molecule is CCc1ccc(OCC(=O)NCCSc2ccc(C)cc2)c(Br)c1. The first-order chi connectivity index (χ1) is 11.6. The van der Waals surface area contributed by atoms with Crippen LogP contribution in [0.2, 0.25) is 0 Å². The summed E-state index contributed by atoms with van der Waals surface area (Å²) >= 11 is 5.20. The zero-order valence-electron chi connectivity index (χ0n) is 14.0. The van der Waals surface area contributed by atoms with Crippen LogP contribution in [0.4, 0.5) is 0 Å². The lowest BCUT2D eigenvalue weighted by atomic mass is 10.2. The van der Waals surface area contributed by atoms with Gasteiger partial charge in [-0.25, -0.2) is 0 Å². The number of thioether (sulfide) groups is 1. The maximum Gasteiger partial charge on any atom is 0.257 e. The van der Waals surface area contributed by atoms with Gasteiger partial charge in [-0.1, -0.05) is 30.7 Å². The predicted molar refractivity (Wildman–Crippen MR) is 104 cm³/mol. The lowest BCUT2D eigenvalue weighted by molar-refractivity contribution is -0.122.